The summed E-state index contributed by atoms with van der Waals surface area (Å²) < 4.78 is 52.6. The molecule has 0 atom stereocenters. The summed E-state index contributed by atoms with van der Waals surface area (Å²) >= 11 is 1.42. The van der Waals surface area contributed by atoms with Gasteiger partial charge < -0.3 is 19.8 Å². The van der Waals surface area contributed by atoms with Crippen LogP contribution in [0.15, 0.2) is 46.2 Å². The highest BCUT2D eigenvalue weighted by atomic mass is 32.1. The molecule has 0 aliphatic carbocycles. The first-order valence-corrected chi connectivity index (χ1v) is 10.9. The van der Waals surface area contributed by atoms with Crippen LogP contribution in [0.3, 0.4) is 0 Å². The number of thiophene rings is 1. The van der Waals surface area contributed by atoms with Crippen molar-refractivity contribution in [1.82, 2.24) is 30.6 Å². The van der Waals surface area contributed by atoms with Crippen LogP contribution in [0.2, 0.25) is 0 Å². The van der Waals surface area contributed by atoms with E-state index in [0.717, 1.165) is 24.0 Å². The fourth-order valence-electron chi connectivity index (χ4n) is 3.12. The maximum atomic E-state index is 13.5. The lowest BCUT2D eigenvalue weighted by Gasteiger charge is -2.04. The van der Waals surface area contributed by atoms with Crippen LogP contribution >= 0.6 is 11.3 Å². The molecule has 12 heteroatoms. The molecule has 0 aliphatic rings. The molecule has 0 fully saturated rings. The molecule has 0 aliphatic heterocycles. The maximum Gasteiger partial charge on any atom is 0.435 e. The summed E-state index contributed by atoms with van der Waals surface area (Å²) in [4.78, 5) is 0.955. The molecule has 0 bridgehead atoms. The van der Waals surface area contributed by atoms with Crippen molar-refractivity contribution in [2.75, 3.05) is 27.2 Å². The van der Waals surface area contributed by atoms with Crippen LogP contribution in [0.4, 0.5) is 13.2 Å². The standard InChI is InChI=1S/C21H21F3N6O2S/c1-25-7-8-26-11-14-9-13(12-33-14)30-16(10-18(29-30)21(22,23)24)20-28-27-19(32-20)15-5-3-4-6-17(15)31-2/h3-6,9-10,12,25-26H,7-8,11H2,1-2H3. The highest BCUT2D eigenvalue weighted by molar-refractivity contribution is 7.10. The predicted octanol–water partition coefficient (Wildman–Crippen LogP) is 3.99. The molecule has 0 amide bonds. The molecule has 33 heavy (non-hydrogen) atoms. The molecule has 3 aromatic heterocycles. The lowest BCUT2D eigenvalue weighted by atomic mass is 10.2. The molecule has 2 N–H and O–H groups in total. The van der Waals surface area contributed by atoms with E-state index in [1.54, 1.807) is 35.7 Å². The number of hydrogen-bond acceptors (Lipinski definition) is 8. The third-order valence-electron chi connectivity index (χ3n) is 4.72. The highest BCUT2D eigenvalue weighted by Crippen LogP contribution is 2.35. The minimum atomic E-state index is -4.63. The second kappa shape index (κ2) is 9.73. The Morgan fingerprint density at radius 2 is 1.91 bits per heavy atom. The quantitative estimate of drug-likeness (QED) is 0.352. The fourth-order valence-corrected chi connectivity index (χ4v) is 3.94. The third kappa shape index (κ3) is 5.07. The van der Waals surface area contributed by atoms with Crippen molar-refractivity contribution >= 4 is 11.3 Å². The van der Waals surface area contributed by atoms with Crippen LogP contribution in [0.25, 0.3) is 28.7 Å². The third-order valence-corrected chi connectivity index (χ3v) is 5.64. The fraction of sp³-hybridized carbons (Fsp3) is 0.286. The number of para-hydroxylation sites is 1. The summed E-state index contributed by atoms with van der Waals surface area (Å²) in [5, 5.41) is 19.8. The topological polar surface area (TPSA) is 90.0 Å². The Morgan fingerprint density at radius 3 is 2.67 bits per heavy atom. The van der Waals surface area contributed by atoms with Gasteiger partial charge in [-0.25, -0.2) is 4.68 Å². The molecule has 4 aromatic rings. The molecule has 8 nitrogen and oxygen atoms in total. The smallest absolute Gasteiger partial charge is 0.435 e. The normalized spacial score (nSPS) is 11.8. The number of alkyl halides is 3. The lowest BCUT2D eigenvalue weighted by molar-refractivity contribution is -0.141. The Balaban J connectivity index is 1.69. The van der Waals surface area contributed by atoms with E-state index in [4.69, 9.17) is 9.15 Å². The number of halogens is 3. The Bertz CT molecular complexity index is 1220. The van der Waals surface area contributed by atoms with E-state index in [1.165, 1.54) is 23.1 Å². The van der Waals surface area contributed by atoms with Crippen LogP contribution in [0.5, 0.6) is 5.75 Å². The molecular formula is C21H21F3N6O2S. The van der Waals surface area contributed by atoms with Crippen LogP contribution in [-0.4, -0.2) is 47.2 Å². The van der Waals surface area contributed by atoms with E-state index in [2.05, 4.69) is 25.9 Å². The number of likely N-dealkylation sites (N-methyl/N-ethyl adjacent to an activating group) is 1. The average molecular weight is 479 g/mol. The molecule has 0 unspecified atom stereocenters. The summed E-state index contributed by atoms with van der Waals surface area (Å²) in [6, 6.07) is 9.69. The van der Waals surface area contributed by atoms with Gasteiger partial charge in [0.05, 0.1) is 18.4 Å². The molecule has 174 valence electrons. The summed E-state index contributed by atoms with van der Waals surface area (Å²) in [5.74, 6) is 0.549. The van der Waals surface area contributed by atoms with Gasteiger partial charge in [-0.15, -0.1) is 21.5 Å². The van der Waals surface area contributed by atoms with Gasteiger partial charge in [0.15, 0.2) is 5.69 Å². The molecule has 3 heterocycles. The average Bonchev–Trinajstić information content (AvgIpc) is 3.55. The zero-order chi connectivity index (χ0) is 23.4. The largest absolute Gasteiger partial charge is 0.496 e. The van der Waals surface area contributed by atoms with E-state index >= 15 is 0 Å². The van der Waals surface area contributed by atoms with Crippen molar-refractivity contribution in [3.05, 3.63) is 52.3 Å². The number of rotatable bonds is 9. The number of methoxy groups -OCH3 is 1. The second-order valence-corrected chi connectivity index (χ2v) is 7.98. The molecule has 0 saturated heterocycles. The van der Waals surface area contributed by atoms with Crippen LogP contribution in [-0.2, 0) is 12.7 Å². The number of nitrogens with one attached hydrogen (secondary N) is 2. The van der Waals surface area contributed by atoms with Crippen LogP contribution in [0.1, 0.15) is 10.6 Å². The number of ether oxygens (including phenoxy) is 1. The van der Waals surface area contributed by atoms with Gasteiger partial charge in [0, 0.05) is 36.0 Å². The predicted molar refractivity (Wildman–Crippen MR) is 117 cm³/mol. The Kier molecular flexibility index (Phi) is 6.77. The van der Waals surface area contributed by atoms with Gasteiger partial charge in [-0.1, -0.05) is 12.1 Å². The van der Waals surface area contributed by atoms with Crippen LogP contribution in [0, 0.1) is 0 Å². The minimum absolute atomic E-state index is 0.0449. The van der Waals surface area contributed by atoms with Gasteiger partial charge in [-0.3, -0.25) is 0 Å². The first kappa shape index (κ1) is 23.0. The van der Waals surface area contributed by atoms with E-state index in [1.807, 2.05) is 7.05 Å². The number of aromatic nitrogens is 4. The molecule has 0 spiro atoms. The highest BCUT2D eigenvalue weighted by Gasteiger charge is 2.36. The van der Waals surface area contributed by atoms with Crippen molar-refractivity contribution in [2.24, 2.45) is 0 Å². The SMILES string of the molecule is CNCCNCc1cc(-n2nc(C(F)(F)F)cc2-c2nnc(-c3ccccc3OC)o2)cs1. The number of hydrogen-bond donors (Lipinski definition) is 2. The van der Waals surface area contributed by atoms with Crippen molar-refractivity contribution in [1.29, 1.82) is 0 Å². The van der Waals surface area contributed by atoms with Crippen molar-refractivity contribution in [3.63, 3.8) is 0 Å². The maximum absolute atomic E-state index is 13.5. The van der Waals surface area contributed by atoms with E-state index in [0.29, 0.717) is 23.5 Å². The summed E-state index contributed by atoms with van der Waals surface area (Å²) in [6.45, 7) is 2.17. The van der Waals surface area contributed by atoms with Gasteiger partial charge in [0.2, 0.25) is 0 Å². The van der Waals surface area contributed by atoms with Crippen molar-refractivity contribution in [2.45, 2.75) is 12.7 Å². The lowest BCUT2D eigenvalue weighted by Crippen LogP contribution is -2.24. The zero-order valence-corrected chi connectivity index (χ0v) is 18.6. The van der Waals surface area contributed by atoms with Gasteiger partial charge in [0.1, 0.15) is 11.4 Å². The summed E-state index contributed by atoms with van der Waals surface area (Å²) in [6.07, 6.45) is -4.63. The van der Waals surface area contributed by atoms with Gasteiger partial charge in [-0.05, 0) is 25.2 Å². The Hall–Kier alpha value is -3.22. The second-order valence-electron chi connectivity index (χ2n) is 6.99. The van der Waals surface area contributed by atoms with E-state index in [-0.39, 0.29) is 17.5 Å². The zero-order valence-electron chi connectivity index (χ0n) is 17.8. The molecule has 1 aromatic carbocycles. The minimum Gasteiger partial charge on any atom is -0.496 e. The first-order chi connectivity index (χ1) is 15.9. The Labute approximate surface area is 191 Å². The van der Waals surface area contributed by atoms with Gasteiger partial charge >= 0.3 is 6.18 Å². The number of nitrogens with zero attached hydrogens (tertiary/aromatic N) is 4. The van der Waals surface area contributed by atoms with Crippen molar-refractivity contribution < 1.29 is 22.3 Å². The monoisotopic (exact) mass is 478 g/mol. The first-order valence-electron chi connectivity index (χ1n) is 9.98. The van der Waals surface area contributed by atoms with Crippen molar-refractivity contribution in [3.8, 4) is 34.5 Å². The molecular weight excluding hydrogens is 457 g/mol. The molecule has 4 rings (SSSR count). The number of benzene rings is 1. The van der Waals surface area contributed by atoms with Gasteiger partial charge in [0.25, 0.3) is 11.8 Å². The Morgan fingerprint density at radius 1 is 1.12 bits per heavy atom. The van der Waals surface area contributed by atoms with Gasteiger partial charge in [-0.2, -0.15) is 18.3 Å². The molecule has 0 saturated carbocycles. The van der Waals surface area contributed by atoms with Crippen LogP contribution < -0.4 is 15.4 Å². The summed E-state index contributed by atoms with van der Waals surface area (Å²) in [7, 11) is 3.36. The van der Waals surface area contributed by atoms with E-state index in [9.17, 15) is 13.2 Å². The molecule has 0 radical (unpaired) electrons. The van der Waals surface area contributed by atoms with E-state index < -0.39 is 11.9 Å². The summed E-state index contributed by atoms with van der Waals surface area (Å²) in [5.41, 5.74) is 0.0113.